The molecular weight excluding hydrogens is 669 g/mol. The summed E-state index contributed by atoms with van der Waals surface area (Å²) in [5.41, 5.74) is 0. The zero-order valence-electron chi connectivity index (χ0n) is 27.3. The van der Waals surface area contributed by atoms with Crippen LogP contribution in [0, 0.1) is 5.92 Å². The number of rotatable bonds is 29. The Hall–Kier alpha value is -1.65. The molecule has 0 spiro atoms. The van der Waals surface area contributed by atoms with E-state index in [4.69, 9.17) is 32.9 Å². The van der Waals surface area contributed by atoms with Gasteiger partial charge in [0.25, 0.3) is 11.8 Å². The lowest BCUT2D eigenvalue weighted by Gasteiger charge is -2.28. The number of hydrogen-bond donors (Lipinski definition) is 3. The van der Waals surface area contributed by atoms with Crippen molar-refractivity contribution in [3.05, 3.63) is 0 Å². The van der Waals surface area contributed by atoms with E-state index >= 15 is 0 Å². The minimum Gasteiger partial charge on any atom is -0.379 e. The lowest BCUT2D eigenvalue weighted by Crippen LogP contribution is -2.34. The van der Waals surface area contributed by atoms with Gasteiger partial charge in [0.05, 0.1) is 45.7 Å². The summed E-state index contributed by atoms with van der Waals surface area (Å²) in [6, 6.07) is 0. The van der Waals surface area contributed by atoms with E-state index in [0.29, 0.717) is 97.7 Å². The summed E-state index contributed by atoms with van der Waals surface area (Å²) in [7, 11) is -7.23. The fourth-order valence-corrected chi connectivity index (χ4v) is 5.49. The van der Waals surface area contributed by atoms with Crippen molar-refractivity contribution in [1.82, 2.24) is 10.6 Å². The quantitative estimate of drug-likeness (QED) is 0.0576. The van der Waals surface area contributed by atoms with Crippen molar-refractivity contribution in [1.29, 1.82) is 0 Å². The molecule has 1 saturated carbocycles. The van der Waals surface area contributed by atoms with Crippen molar-refractivity contribution in [2.75, 3.05) is 85.9 Å². The molecule has 0 bridgehead atoms. The number of hydrogen-bond acceptors (Lipinski definition) is 13. The molecule has 2 amide bonds. The van der Waals surface area contributed by atoms with Crippen LogP contribution in [0.15, 0.2) is 0 Å². The lowest BCUT2D eigenvalue weighted by molar-refractivity contribution is -0.138. The highest BCUT2D eigenvalue weighted by atomic mass is 31.2. The highest BCUT2D eigenvalue weighted by molar-refractivity contribution is 7.57. The second kappa shape index (κ2) is 25.3. The first-order valence-electron chi connectivity index (χ1n) is 15.8. The molecule has 1 atom stereocenters. The molecule has 3 N–H and O–H groups in total. The van der Waals surface area contributed by atoms with Crippen LogP contribution >= 0.6 is 15.2 Å². The highest BCUT2D eigenvalue weighted by Crippen LogP contribution is 2.47. The first-order valence-corrected chi connectivity index (χ1v) is 19.8. The van der Waals surface area contributed by atoms with Gasteiger partial charge >= 0.3 is 7.82 Å². The van der Waals surface area contributed by atoms with E-state index in [9.17, 15) is 32.8 Å². The largest absolute Gasteiger partial charge is 0.503 e. The zero-order chi connectivity index (χ0) is 35.0. The molecule has 1 rings (SSSR count). The molecule has 1 aliphatic carbocycles. The Balaban J connectivity index is 1.88. The van der Waals surface area contributed by atoms with Gasteiger partial charge in [0.2, 0.25) is 11.6 Å². The van der Waals surface area contributed by atoms with E-state index in [0.717, 1.165) is 0 Å². The fraction of sp³-hybridized carbons (Fsp3) is 0.857. The van der Waals surface area contributed by atoms with Crippen LogP contribution < -0.4 is 10.6 Å². The van der Waals surface area contributed by atoms with Gasteiger partial charge in [-0.25, -0.2) is 4.57 Å². The van der Waals surface area contributed by atoms with Crippen molar-refractivity contribution in [2.24, 2.45) is 5.92 Å². The van der Waals surface area contributed by atoms with E-state index < -0.39 is 44.7 Å². The molecule has 0 aromatic rings. The molecular formula is C28H51FN2O14P2. The molecule has 47 heavy (non-hydrogen) atoms. The van der Waals surface area contributed by atoms with Gasteiger partial charge in [-0.15, -0.1) is 0 Å². The Morgan fingerprint density at radius 1 is 0.702 bits per heavy atom. The fourth-order valence-electron chi connectivity index (χ4n) is 4.36. The van der Waals surface area contributed by atoms with E-state index in [1.807, 2.05) is 0 Å². The number of amides is 2. The number of nitrogens with one attached hydrogen (secondary N) is 2. The summed E-state index contributed by atoms with van der Waals surface area (Å²) in [5.74, 6) is -2.42. The molecule has 0 saturated heterocycles. The lowest BCUT2D eigenvalue weighted by atomic mass is 9.84. The highest BCUT2D eigenvalue weighted by Gasteiger charge is 2.32. The van der Waals surface area contributed by atoms with Gasteiger partial charge in [-0.2, -0.15) is 0 Å². The number of ether oxygens (including phenoxy) is 4. The maximum Gasteiger partial charge on any atom is 0.503 e. The van der Waals surface area contributed by atoms with Gasteiger partial charge in [0.15, 0.2) is 7.37 Å². The first-order chi connectivity index (χ1) is 22.3. The predicted octanol–water partition coefficient (Wildman–Crippen LogP) is 2.51. The summed E-state index contributed by atoms with van der Waals surface area (Å²) >= 11 is 0. The Labute approximate surface area is 275 Å². The first kappa shape index (κ1) is 43.4. The van der Waals surface area contributed by atoms with Crippen LogP contribution in [0.5, 0.6) is 0 Å². The molecule has 0 radical (unpaired) electrons. The van der Waals surface area contributed by atoms with E-state index in [1.165, 1.54) is 13.3 Å². The Morgan fingerprint density at radius 2 is 1.17 bits per heavy atom. The maximum atomic E-state index is 12.2. The van der Waals surface area contributed by atoms with Crippen molar-refractivity contribution in [3.8, 4) is 0 Å². The van der Waals surface area contributed by atoms with Crippen LogP contribution in [0.2, 0.25) is 0 Å². The molecule has 1 fully saturated rings. The smallest absolute Gasteiger partial charge is 0.379 e. The van der Waals surface area contributed by atoms with Crippen molar-refractivity contribution in [2.45, 2.75) is 63.9 Å². The normalized spacial score (nSPS) is 18.0. The predicted molar refractivity (Wildman–Crippen MR) is 167 cm³/mol. The van der Waals surface area contributed by atoms with Crippen LogP contribution in [-0.4, -0.2) is 120 Å². The summed E-state index contributed by atoms with van der Waals surface area (Å²) in [6.45, 7) is 6.60. The summed E-state index contributed by atoms with van der Waals surface area (Å²) in [4.78, 5) is 56.9. The van der Waals surface area contributed by atoms with Gasteiger partial charge < -0.3 is 39.0 Å². The summed E-state index contributed by atoms with van der Waals surface area (Å²) in [6.07, 6.45) is 2.67. The van der Waals surface area contributed by atoms with Crippen LogP contribution in [0.1, 0.15) is 57.8 Å². The number of ketones is 2. The van der Waals surface area contributed by atoms with Crippen LogP contribution in [0.25, 0.3) is 0 Å². The minimum absolute atomic E-state index is 0.0582. The third kappa shape index (κ3) is 24.2. The third-order valence-electron chi connectivity index (χ3n) is 6.71. The number of halogens is 1. The van der Waals surface area contributed by atoms with Crippen molar-refractivity contribution in [3.63, 3.8) is 0 Å². The summed E-state index contributed by atoms with van der Waals surface area (Å²) < 4.78 is 68.8. The van der Waals surface area contributed by atoms with Gasteiger partial charge in [-0.3, -0.25) is 28.3 Å². The van der Waals surface area contributed by atoms with Crippen molar-refractivity contribution < 1.29 is 70.5 Å². The number of phosphoric ester groups is 1. The van der Waals surface area contributed by atoms with Crippen LogP contribution in [-0.2, 0) is 61.0 Å². The Bertz CT molecular complexity index is 1020. The van der Waals surface area contributed by atoms with Gasteiger partial charge in [-0.1, -0.05) is 4.73 Å². The number of carbonyl (C=O) groups is 4. The van der Waals surface area contributed by atoms with E-state index in [2.05, 4.69) is 15.4 Å². The van der Waals surface area contributed by atoms with Crippen molar-refractivity contribution >= 4 is 38.6 Å². The average Bonchev–Trinajstić information content (AvgIpc) is 3.02. The SMILES string of the molecule is CP(C)(=O)OCCOCCCC(=O)C(=O)NCCCOCCOCCOCCCNC(=O)C(=O)CC1CCC(OP(=O)(O)OF)CC1. The Kier molecular flexibility index (Phi) is 23.4. The zero-order valence-corrected chi connectivity index (χ0v) is 29.1. The molecule has 19 heteroatoms. The molecule has 0 aromatic heterocycles. The molecule has 16 nitrogen and oxygen atoms in total. The standard InChI is InChI=1S/C28H51FN2O14P2/c1-46(2,36)43-21-20-39-13-3-6-25(32)27(34)30-11-4-14-40-16-18-42-19-17-41-15-5-12-31-28(35)26(33)22-23-7-9-24(10-8-23)44-47(37,38)45-29/h23-24H,3-22H2,1-2H3,(H,30,34)(H,31,35)(H,37,38). The average molecular weight is 721 g/mol. The van der Waals surface area contributed by atoms with Gasteiger partial charge in [0, 0.05) is 59.1 Å². The summed E-state index contributed by atoms with van der Waals surface area (Å²) in [5, 5.41) is 5.13. The van der Waals surface area contributed by atoms with Gasteiger partial charge in [0.1, 0.15) is 0 Å². The second-order valence-corrected chi connectivity index (χ2v) is 15.2. The van der Waals surface area contributed by atoms with Gasteiger partial charge in [-0.05, 0) is 55.4 Å². The minimum atomic E-state index is -4.70. The molecule has 0 heterocycles. The molecule has 0 aromatic carbocycles. The Morgan fingerprint density at radius 3 is 1.68 bits per heavy atom. The van der Waals surface area contributed by atoms with Crippen LogP contribution in [0.3, 0.4) is 0 Å². The molecule has 1 aliphatic rings. The topological polar surface area (TPSA) is 211 Å². The number of phosphoric acid groups is 1. The third-order valence-corrected chi connectivity index (χ3v) is 8.26. The number of carbonyl (C=O) groups excluding carboxylic acids is 4. The second-order valence-electron chi connectivity index (χ2n) is 11.2. The molecule has 274 valence electrons. The molecule has 0 aliphatic heterocycles. The number of Topliss-reactive ketones (excluding diaryl/α,β-unsaturated/α-hetero) is 2. The molecule has 1 unspecified atom stereocenters. The van der Waals surface area contributed by atoms with Crippen LogP contribution in [0.4, 0.5) is 4.53 Å². The monoisotopic (exact) mass is 720 g/mol. The van der Waals surface area contributed by atoms with E-state index in [-0.39, 0.29) is 38.5 Å². The van der Waals surface area contributed by atoms with E-state index in [1.54, 1.807) is 0 Å². The maximum absolute atomic E-state index is 12.2.